The van der Waals surface area contributed by atoms with E-state index in [9.17, 15) is 4.79 Å². The highest BCUT2D eigenvalue weighted by molar-refractivity contribution is 5.75. The third kappa shape index (κ3) is 6.71. The number of hydrogen-bond donors (Lipinski definition) is 0. The van der Waals surface area contributed by atoms with Crippen LogP contribution >= 0.6 is 0 Å². The molecule has 4 heteroatoms. The molecule has 0 radical (unpaired) electrons. The van der Waals surface area contributed by atoms with Crippen LogP contribution in [0.2, 0.25) is 0 Å². The molecule has 1 amide bonds. The summed E-state index contributed by atoms with van der Waals surface area (Å²) in [5.41, 5.74) is 0. The summed E-state index contributed by atoms with van der Waals surface area (Å²) in [6.45, 7) is 11.3. The van der Waals surface area contributed by atoms with Crippen molar-refractivity contribution in [2.75, 3.05) is 39.8 Å². The minimum atomic E-state index is 0.175. The summed E-state index contributed by atoms with van der Waals surface area (Å²) in [6.07, 6.45) is 4.28. The Kier molecular flexibility index (Phi) is 8.15. The van der Waals surface area contributed by atoms with Crippen molar-refractivity contribution >= 4 is 5.91 Å². The Bertz CT molecular complexity index is 282. The van der Waals surface area contributed by atoms with E-state index in [0.717, 1.165) is 45.1 Å². The molecule has 1 rings (SSSR count). The molecule has 4 nitrogen and oxygen atoms in total. The van der Waals surface area contributed by atoms with Crippen LogP contribution in [0.1, 0.15) is 46.5 Å². The van der Waals surface area contributed by atoms with Crippen molar-refractivity contribution in [3.63, 3.8) is 0 Å². The van der Waals surface area contributed by atoms with Gasteiger partial charge in [0.1, 0.15) is 0 Å². The minimum Gasteiger partial charge on any atom is -0.374 e. The molecule has 0 aliphatic carbocycles. The lowest BCUT2D eigenvalue weighted by Gasteiger charge is -2.35. The van der Waals surface area contributed by atoms with Gasteiger partial charge in [0.05, 0.1) is 12.7 Å². The molecule has 1 atom stereocenters. The number of nitrogens with zero attached hydrogens (tertiary/aromatic N) is 2. The van der Waals surface area contributed by atoms with Crippen molar-refractivity contribution in [2.45, 2.75) is 52.6 Å². The lowest BCUT2D eigenvalue weighted by molar-refractivity contribution is -0.133. The lowest BCUT2D eigenvalue weighted by atomic mass is 10.1. The fourth-order valence-electron chi connectivity index (χ4n) is 2.63. The van der Waals surface area contributed by atoms with E-state index in [4.69, 9.17) is 4.74 Å². The van der Waals surface area contributed by atoms with Gasteiger partial charge in [0, 0.05) is 33.1 Å². The summed E-state index contributed by atoms with van der Waals surface area (Å²) in [5.74, 6) is 1.01. The van der Waals surface area contributed by atoms with E-state index in [1.165, 1.54) is 12.8 Å². The van der Waals surface area contributed by atoms with Gasteiger partial charge in [0.2, 0.25) is 5.91 Å². The van der Waals surface area contributed by atoms with Crippen molar-refractivity contribution in [1.29, 1.82) is 0 Å². The second-order valence-corrected chi connectivity index (χ2v) is 6.35. The zero-order chi connectivity index (χ0) is 15.0. The molecule has 0 bridgehead atoms. The fourth-order valence-corrected chi connectivity index (χ4v) is 2.63. The monoisotopic (exact) mass is 284 g/mol. The largest absolute Gasteiger partial charge is 0.374 e. The Hall–Kier alpha value is -0.610. The first-order valence-corrected chi connectivity index (χ1v) is 8.10. The van der Waals surface area contributed by atoms with Crippen LogP contribution in [0, 0.1) is 5.92 Å². The van der Waals surface area contributed by atoms with E-state index in [1.807, 2.05) is 18.9 Å². The predicted molar refractivity (Wildman–Crippen MR) is 82.8 cm³/mol. The van der Waals surface area contributed by atoms with E-state index < -0.39 is 0 Å². The zero-order valence-electron chi connectivity index (χ0n) is 13.7. The van der Waals surface area contributed by atoms with Gasteiger partial charge in [-0.3, -0.25) is 9.69 Å². The lowest BCUT2D eigenvalue weighted by Crippen LogP contribution is -2.48. The van der Waals surface area contributed by atoms with Gasteiger partial charge in [-0.25, -0.2) is 0 Å². The van der Waals surface area contributed by atoms with Gasteiger partial charge in [-0.1, -0.05) is 20.8 Å². The molecule has 1 heterocycles. The van der Waals surface area contributed by atoms with Crippen molar-refractivity contribution in [1.82, 2.24) is 9.80 Å². The third-order valence-corrected chi connectivity index (χ3v) is 3.85. The number of carbonyl (C=O) groups is 1. The summed E-state index contributed by atoms with van der Waals surface area (Å²) in [7, 11) is 1.89. The molecular weight excluding hydrogens is 252 g/mol. The highest BCUT2D eigenvalue weighted by atomic mass is 16.5. The van der Waals surface area contributed by atoms with Crippen LogP contribution in [0.25, 0.3) is 0 Å². The first-order valence-electron chi connectivity index (χ1n) is 8.10. The van der Waals surface area contributed by atoms with Gasteiger partial charge in [0.25, 0.3) is 0 Å². The summed E-state index contributed by atoms with van der Waals surface area (Å²) in [4.78, 5) is 16.1. The molecule has 118 valence electrons. The van der Waals surface area contributed by atoms with Crippen LogP contribution in [0.15, 0.2) is 0 Å². The molecule has 0 spiro atoms. The van der Waals surface area contributed by atoms with Crippen molar-refractivity contribution in [2.24, 2.45) is 5.92 Å². The number of rotatable bonds is 8. The molecule has 1 fully saturated rings. The third-order valence-electron chi connectivity index (χ3n) is 3.85. The molecule has 0 aromatic heterocycles. The van der Waals surface area contributed by atoms with Gasteiger partial charge in [0.15, 0.2) is 0 Å². The van der Waals surface area contributed by atoms with Gasteiger partial charge in [-0.2, -0.15) is 0 Å². The quantitative estimate of drug-likeness (QED) is 0.686. The van der Waals surface area contributed by atoms with Crippen LogP contribution in [0.3, 0.4) is 0 Å². The zero-order valence-corrected chi connectivity index (χ0v) is 13.7. The van der Waals surface area contributed by atoms with Gasteiger partial charge in [-0.15, -0.1) is 0 Å². The Labute approximate surface area is 124 Å². The van der Waals surface area contributed by atoms with Crippen LogP contribution in [-0.2, 0) is 9.53 Å². The number of hydrogen-bond acceptors (Lipinski definition) is 3. The Balaban J connectivity index is 2.27. The average Bonchev–Trinajstić information content (AvgIpc) is 2.39. The molecule has 1 unspecified atom stereocenters. The Morgan fingerprint density at radius 2 is 2.20 bits per heavy atom. The van der Waals surface area contributed by atoms with Gasteiger partial charge < -0.3 is 9.64 Å². The smallest absolute Gasteiger partial charge is 0.222 e. The summed E-state index contributed by atoms with van der Waals surface area (Å²) in [5, 5.41) is 0. The highest BCUT2D eigenvalue weighted by Gasteiger charge is 2.22. The SMILES string of the molecule is CCCC(=O)N(C)CC1CN(CCCC(C)C)CCO1. The summed E-state index contributed by atoms with van der Waals surface area (Å²) in [6, 6.07) is 0. The van der Waals surface area contributed by atoms with E-state index in [2.05, 4.69) is 18.7 Å². The molecule has 0 aromatic rings. The van der Waals surface area contributed by atoms with E-state index in [1.54, 1.807) is 0 Å². The number of likely N-dealkylation sites (N-methyl/N-ethyl adjacent to an activating group) is 1. The molecule has 0 N–H and O–H groups in total. The molecule has 1 aliphatic rings. The van der Waals surface area contributed by atoms with Crippen LogP contribution < -0.4 is 0 Å². The standard InChI is InChI=1S/C16H32N2O2/c1-5-7-16(19)17(4)12-15-13-18(10-11-20-15)9-6-8-14(2)3/h14-15H,5-13H2,1-4H3. The molecule has 0 aromatic carbocycles. The van der Waals surface area contributed by atoms with Gasteiger partial charge in [-0.05, 0) is 31.7 Å². The van der Waals surface area contributed by atoms with E-state index >= 15 is 0 Å². The second kappa shape index (κ2) is 9.35. The number of carbonyl (C=O) groups excluding carboxylic acids is 1. The fraction of sp³-hybridized carbons (Fsp3) is 0.938. The maximum Gasteiger partial charge on any atom is 0.222 e. The van der Waals surface area contributed by atoms with Crippen molar-refractivity contribution in [3.05, 3.63) is 0 Å². The first kappa shape index (κ1) is 17.4. The van der Waals surface area contributed by atoms with Gasteiger partial charge >= 0.3 is 0 Å². The number of ether oxygens (including phenoxy) is 1. The Morgan fingerprint density at radius 3 is 2.85 bits per heavy atom. The van der Waals surface area contributed by atoms with Crippen molar-refractivity contribution < 1.29 is 9.53 Å². The second-order valence-electron chi connectivity index (χ2n) is 6.35. The summed E-state index contributed by atoms with van der Waals surface area (Å²) >= 11 is 0. The number of amides is 1. The molecule has 1 aliphatic heterocycles. The highest BCUT2D eigenvalue weighted by Crippen LogP contribution is 2.10. The topological polar surface area (TPSA) is 32.8 Å². The van der Waals surface area contributed by atoms with E-state index in [-0.39, 0.29) is 12.0 Å². The van der Waals surface area contributed by atoms with Crippen LogP contribution in [0.4, 0.5) is 0 Å². The average molecular weight is 284 g/mol. The minimum absolute atomic E-state index is 0.175. The van der Waals surface area contributed by atoms with Crippen molar-refractivity contribution in [3.8, 4) is 0 Å². The van der Waals surface area contributed by atoms with Crippen LogP contribution in [0.5, 0.6) is 0 Å². The molecule has 0 saturated carbocycles. The Morgan fingerprint density at radius 1 is 1.45 bits per heavy atom. The summed E-state index contributed by atoms with van der Waals surface area (Å²) < 4.78 is 5.80. The van der Waals surface area contributed by atoms with E-state index in [0.29, 0.717) is 6.42 Å². The number of morpholine rings is 1. The first-order chi connectivity index (χ1) is 9.52. The molecule has 20 heavy (non-hydrogen) atoms. The molecule has 1 saturated heterocycles. The molecular formula is C16H32N2O2. The maximum absolute atomic E-state index is 11.8. The van der Waals surface area contributed by atoms with Crippen LogP contribution in [-0.4, -0.2) is 61.6 Å². The predicted octanol–water partition coefficient (Wildman–Crippen LogP) is 2.38. The normalized spacial score (nSPS) is 20.4. The maximum atomic E-state index is 11.8.